The third kappa shape index (κ3) is 3.33. The van der Waals surface area contributed by atoms with Crippen molar-refractivity contribution in [3.63, 3.8) is 0 Å². The maximum absolute atomic E-state index is 2.58. The first-order valence-electron chi connectivity index (χ1n) is 6.81. The smallest absolute Gasteiger partial charge is 0.0275 e. The van der Waals surface area contributed by atoms with Gasteiger partial charge in [-0.2, -0.15) is 0 Å². The van der Waals surface area contributed by atoms with Crippen LogP contribution >= 0.6 is 0 Å². The molecule has 92 valence electrons. The van der Waals surface area contributed by atoms with Crippen molar-refractivity contribution >= 4 is 0 Å². The lowest BCUT2D eigenvalue weighted by Crippen LogP contribution is -2.39. The Kier molecular flexibility index (Phi) is 4.42. The van der Waals surface area contributed by atoms with Crippen molar-refractivity contribution in [2.45, 2.75) is 38.1 Å². The van der Waals surface area contributed by atoms with Crippen LogP contribution in [0.15, 0.2) is 12.2 Å². The van der Waals surface area contributed by atoms with Crippen LogP contribution in [0.25, 0.3) is 0 Å². The van der Waals surface area contributed by atoms with Gasteiger partial charge in [0.25, 0.3) is 0 Å². The summed E-state index contributed by atoms with van der Waals surface area (Å²) in [5.41, 5.74) is 0. The summed E-state index contributed by atoms with van der Waals surface area (Å²) < 4.78 is 0. The average molecular weight is 222 g/mol. The van der Waals surface area contributed by atoms with E-state index < -0.39 is 0 Å². The maximum Gasteiger partial charge on any atom is 0.0275 e. The van der Waals surface area contributed by atoms with Crippen molar-refractivity contribution in [3.8, 4) is 0 Å². The molecule has 1 heterocycles. The molecular formula is C14H26N2. The van der Waals surface area contributed by atoms with Gasteiger partial charge in [0, 0.05) is 12.6 Å². The highest BCUT2D eigenvalue weighted by atomic mass is 15.1. The molecule has 1 saturated heterocycles. The van der Waals surface area contributed by atoms with E-state index in [0.717, 1.165) is 5.92 Å². The Labute approximate surface area is 100 Å². The molecule has 0 amide bonds. The minimum atomic E-state index is 0.716. The quantitative estimate of drug-likeness (QED) is 0.676. The SMILES string of the molecule is CN1CCC(CN(C)[C@H]2C=CCCC2)CC1. The highest BCUT2D eigenvalue weighted by Crippen LogP contribution is 2.21. The van der Waals surface area contributed by atoms with Gasteiger partial charge < -0.3 is 4.90 Å². The molecule has 0 N–H and O–H groups in total. The van der Waals surface area contributed by atoms with Gasteiger partial charge in [0.15, 0.2) is 0 Å². The van der Waals surface area contributed by atoms with Crippen LogP contribution in [0.5, 0.6) is 0 Å². The normalized spacial score (nSPS) is 28.8. The van der Waals surface area contributed by atoms with E-state index >= 15 is 0 Å². The Morgan fingerprint density at radius 3 is 2.62 bits per heavy atom. The van der Waals surface area contributed by atoms with E-state index in [1.807, 2.05) is 0 Å². The molecule has 2 heteroatoms. The molecular weight excluding hydrogens is 196 g/mol. The molecule has 2 aliphatic rings. The molecule has 2 nitrogen and oxygen atoms in total. The summed E-state index contributed by atoms with van der Waals surface area (Å²) in [6, 6.07) is 0.716. The molecule has 0 saturated carbocycles. The summed E-state index contributed by atoms with van der Waals surface area (Å²) in [5.74, 6) is 0.927. The molecule has 2 rings (SSSR count). The third-order valence-corrected chi connectivity index (χ3v) is 4.18. The lowest BCUT2D eigenvalue weighted by atomic mass is 9.94. The van der Waals surface area contributed by atoms with Gasteiger partial charge in [-0.1, -0.05) is 12.2 Å². The standard InChI is InChI=1S/C14H26N2/c1-15-10-8-13(9-11-15)12-16(2)14-6-4-3-5-7-14/h4,6,13-14H,3,5,7-12H2,1-2H3/t14-/m0/s1. The summed E-state index contributed by atoms with van der Waals surface area (Å²) in [7, 11) is 4.54. The second kappa shape index (κ2) is 5.83. The Bertz CT molecular complexity index is 229. The molecule has 1 aliphatic carbocycles. The van der Waals surface area contributed by atoms with Crippen LogP contribution in [0.2, 0.25) is 0 Å². The van der Waals surface area contributed by atoms with E-state index in [1.165, 1.54) is 51.7 Å². The van der Waals surface area contributed by atoms with Gasteiger partial charge in [0.1, 0.15) is 0 Å². The van der Waals surface area contributed by atoms with Crippen LogP contribution in [0.1, 0.15) is 32.1 Å². The molecule has 0 radical (unpaired) electrons. The van der Waals surface area contributed by atoms with Crippen molar-refractivity contribution in [3.05, 3.63) is 12.2 Å². The van der Waals surface area contributed by atoms with E-state index in [2.05, 4.69) is 36.0 Å². The first kappa shape index (κ1) is 12.1. The minimum absolute atomic E-state index is 0.716. The average Bonchev–Trinajstić information content (AvgIpc) is 2.33. The van der Waals surface area contributed by atoms with Crippen molar-refractivity contribution in [1.82, 2.24) is 9.80 Å². The molecule has 0 aromatic heterocycles. The van der Waals surface area contributed by atoms with E-state index in [-0.39, 0.29) is 0 Å². The fraction of sp³-hybridized carbons (Fsp3) is 0.857. The van der Waals surface area contributed by atoms with Crippen molar-refractivity contribution < 1.29 is 0 Å². The largest absolute Gasteiger partial charge is 0.306 e. The van der Waals surface area contributed by atoms with Gasteiger partial charge in [0.2, 0.25) is 0 Å². The van der Waals surface area contributed by atoms with Gasteiger partial charge in [0.05, 0.1) is 0 Å². The lowest BCUT2D eigenvalue weighted by molar-refractivity contribution is 0.157. The number of allylic oxidation sites excluding steroid dienone is 1. The van der Waals surface area contributed by atoms with E-state index in [1.54, 1.807) is 0 Å². The number of likely N-dealkylation sites (N-methyl/N-ethyl adjacent to an activating group) is 1. The Morgan fingerprint density at radius 2 is 2.00 bits per heavy atom. The molecule has 0 spiro atoms. The summed E-state index contributed by atoms with van der Waals surface area (Å²) in [6.45, 7) is 3.88. The zero-order chi connectivity index (χ0) is 11.4. The molecule has 0 aromatic carbocycles. The number of likely N-dealkylation sites (tertiary alicyclic amines) is 1. The molecule has 1 atom stereocenters. The highest BCUT2D eigenvalue weighted by Gasteiger charge is 2.21. The number of rotatable bonds is 3. The van der Waals surface area contributed by atoms with Crippen LogP contribution < -0.4 is 0 Å². The van der Waals surface area contributed by atoms with Crippen LogP contribution in [0.3, 0.4) is 0 Å². The van der Waals surface area contributed by atoms with Gasteiger partial charge in [-0.3, -0.25) is 4.90 Å². The molecule has 0 unspecified atom stereocenters. The third-order valence-electron chi connectivity index (χ3n) is 4.18. The van der Waals surface area contributed by atoms with E-state index in [4.69, 9.17) is 0 Å². The maximum atomic E-state index is 2.58. The summed E-state index contributed by atoms with van der Waals surface area (Å²) in [4.78, 5) is 5.03. The first-order valence-corrected chi connectivity index (χ1v) is 6.81. The van der Waals surface area contributed by atoms with Gasteiger partial charge in [-0.25, -0.2) is 0 Å². The molecule has 16 heavy (non-hydrogen) atoms. The Hall–Kier alpha value is -0.340. The van der Waals surface area contributed by atoms with Crippen molar-refractivity contribution in [2.24, 2.45) is 5.92 Å². The van der Waals surface area contributed by atoms with E-state index in [0.29, 0.717) is 6.04 Å². The Morgan fingerprint density at radius 1 is 1.25 bits per heavy atom. The summed E-state index contributed by atoms with van der Waals surface area (Å²) >= 11 is 0. The van der Waals surface area contributed by atoms with E-state index in [9.17, 15) is 0 Å². The number of hydrogen-bond donors (Lipinski definition) is 0. The lowest BCUT2D eigenvalue weighted by Gasteiger charge is -2.35. The molecule has 0 bridgehead atoms. The number of nitrogens with zero attached hydrogens (tertiary/aromatic N) is 2. The van der Waals surface area contributed by atoms with Gasteiger partial charge >= 0.3 is 0 Å². The van der Waals surface area contributed by atoms with Crippen LogP contribution in [0, 0.1) is 5.92 Å². The molecule has 0 aromatic rings. The number of piperidine rings is 1. The van der Waals surface area contributed by atoms with Crippen molar-refractivity contribution in [1.29, 1.82) is 0 Å². The molecule has 1 aliphatic heterocycles. The van der Waals surface area contributed by atoms with Gasteiger partial charge in [-0.05, 0) is 65.2 Å². The predicted molar refractivity (Wildman–Crippen MR) is 69.6 cm³/mol. The van der Waals surface area contributed by atoms with Crippen LogP contribution in [-0.2, 0) is 0 Å². The monoisotopic (exact) mass is 222 g/mol. The second-order valence-electron chi connectivity index (χ2n) is 5.61. The Balaban J connectivity index is 1.75. The topological polar surface area (TPSA) is 6.48 Å². The van der Waals surface area contributed by atoms with Crippen LogP contribution in [0.4, 0.5) is 0 Å². The zero-order valence-electron chi connectivity index (χ0n) is 10.9. The fourth-order valence-electron chi connectivity index (χ4n) is 2.95. The summed E-state index contributed by atoms with van der Waals surface area (Å²) in [6.07, 6.45) is 11.6. The zero-order valence-corrected chi connectivity index (χ0v) is 10.9. The molecule has 1 fully saturated rings. The number of hydrogen-bond acceptors (Lipinski definition) is 2. The second-order valence-corrected chi connectivity index (χ2v) is 5.61. The highest BCUT2D eigenvalue weighted by molar-refractivity contribution is 4.98. The minimum Gasteiger partial charge on any atom is -0.306 e. The fourth-order valence-corrected chi connectivity index (χ4v) is 2.95. The van der Waals surface area contributed by atoms with Gasteiger partial charge in [-0.15, -0.1) is 0 Å². The predicted octanol–water partition coefficient (Wildman–Crippen LogP) is 2.37. The van der Waals surface area contributed by atoms with Crippen molar-refractivity contribution in [2.75, 3.05) is 33.7 Å². The first-order chi connectivity index (χ1) is 7.75. The summed E-state index contributed by atoms with van der Waals surface area (Å²) in [5, 5.41) is 0. The van der Waals surface area contributed by atoms with Crippen LogP contribution in [-0.4, -0.2) is 49.6 Å².